The molecule has 2 aliphatic heterocycles. The molecule has 3 heterocycles. The van der Waals surface area contributed by atoms with Crippen LogP contribution in [0, 0.1) is 6.92 Å². The molecule has 0 amide bonds. The number of hydrogen-bond donors (Lipinski definition) is 1. The first-order valence-electron chi connectivity index (χ1n) is 6.35. The summed E-state index contributed by atoms with van der Waals surface area (Å²) < 4.78 is 13.3. The summed E-state index contributed by atoms with van der Waals surface area (Å²) in [4.78, 5) is 0. The van der Waals surface area contributed by atoms with Crippen molar-refractivity contribution in [3.05, 3.63) is 11.3 Å². The van der Waals surface area contributed by atoms with Crippen molar-refractivity contribution in [3.8, 4) is 0 Å². The maximum atomic E-state index is 6.02. The Kier molecular flexibility index (Phi) is 2.80. The van der Waals surface area contributed by atoms with Crippen LogP contribution in [0.4, 0.5) is 5.82 Å². The lowest BCUT2D eigenvalue weighted by atomic mass is 10.1. The number of nitrogen functional groups attached to an aromatic ring is 1. The lowest BCUT2D eigenvalue weighted by molar-refractivity contribution is 0.0448. The van der Waals surface area contributed by atoms with Crippen molar-refractivity contribution in [1.29, 1.82) is 0 Å². The van der Waals surface area contributed by atoms with Gasteiger partial charge in [0.1, 0.15) is 0 Å². The smallest absolute Gasteiger partial charge is 0.151 e. The molecule has 0 bridgehead atoms. The van der Waals surface area contributed by atoms with E-state index in [1.807, 2.05) is 4.68 Å². The van der Waals surface area contributed by atoms with E-state index in [-0.39, 0.29) is 12.3 Å². The molecule has 2 N–H and O–H groups in total. The molecule has 0 aromatic carbocycles. The lowest BCUT2D eigenvalue weighted by Crippen LogP contribution is -2.11. The Morgan fingerprint density at radius 1 is 1.24 bits per heavy atom. The van der Waals surface area contributed by atoms with Crippen molar-refractivity contribution in [1.82, 2.24) is 9.78 Å². The van der Waals surface area contributed by atoms with Crippen LogP contribution in [0.15, 0.2) is 0 Å². The zero-order valence-electron chi connectivity index (χ0n) is 10.2. The van der Waals surface area contributed by atoms with Crippen molar-refractivity contribution >= 4 is 5.82 Å². The highest BCUT2D eigenvalue weighted by atomic mass is 16.5. The number of hydrogen-bond acceptors (Lipinski definition) is 4. The minimum atomic E-state index is 0.0625. The van der Waals surface area contributed by atoms with Crippen molar-refractivity contribution in [3.63, 3.8) is 0 Å². The quantitative estimate of drug-likeness (QED) is 0.853. The van der Waals surface area contributed by atoms with Crippen molar-refractivity contribution < 1.29 is 9.47 Å². The predicted molar refractivity (Wildman–Crippen MR) is 63.5 cm³/mol. The van der Waals surface area contributed by atoms with Crippen LogP contribution < -0.4 is 5.73 Å². The summed E-state index contributed by atoms with van der Waals surface area (Å²) in [5, 5.41) is 4.43. The fraction of sp³-hybridized carbons (Fsp3) is 0.750. The third kappa shape index (κ3) is 1.83. The molecule has 0 saturated carbocycles. The van der Waals surface area contributed by atoms with Gasteiger partial charge in [-0.25, -0.2) is 4.68 Å². The number of rotatable bonds is 2. The molecule has 1 aromatic heterocycles. The van der Waals surface area contributed by atoms with Gasteiger partial charge in [0.15, 0.2) is 12.0 Å². The van der Waals surface area contributed by atoms with E-state index in [9.17, 15) is 0 Å². The fourth-order valence-corrected chi connectivity index (χ4v) is 2.79. The third-order valence-electron chi connectivity index (χ3n) is 3.65. The summed E-state index contributed by atoms with van der Waals surface area (Å²) in [6.07, 6.45) is 4.46. The van der Waals surface area contributed by atoms with Gasteiger partial charge in [-0.05, 0) is 32.6 Å². The summed E-state index contributed by atoms with van der Waals surface area (Å²) in [5.74, 6) is 0.602. The van der Waals surface area contributed by atoms with E-state index in [1.54, 1.807) is 0 Å². The summed E-state index contributed by atoms with van der Waals surface area (Å²) in [6.45, 7) is 3.70. The number of ether oxygens (including phenoxy) is 2. The maximum absolute atomic E-state index is 6.02. The van der Waals surface area contributed by atoms with Crippen LogP contribution in [-0.4, -0.2) is 23.0 Å². The highest BCUT2D eigenvalue weighted by Crippen LogP contribution is 2.36. The van der Waals surface area contributed by atoms with Gasteiger partial charge in [0.05, 0.1) is 6.10 Å². The van der Waals surface area contributed by atoms with Crippen LogP contribution in [-0.2, 0) is 9.47 Å². The van der Waals surface area contributed by atoms with Crippen molar-refractivity contribution in [2.45, 2.75) is 44.9 Å². The first kappa shape index (κ1) is 11.0. The largest absolute Gasteiger partial charge is 0.382 e. The van der Waals surface area contributed by atoms with E-state index in [2.05, 4.69) is 12.0 Å². The minimum absolute atomic E-state index is 0.0625. The standard InChI is InChI=1S/C12H19N3O2/c1-8-11(9-4-2-6-16-9)12(13)14-15(8)10-5-3-7-17-10/h9-10H,2-7H2,1H3,(H2,13,14). The van der Waals surface area contributed by atoms with Gasteiger partial charge in [-0.2, -0.15) is 5.10 Å². The maximum Gasteiger partial charge on any atom is 0.151 e. The van der Waals surface area contributed by atoms with Gasteiger partial charge in [-0.15, -0.1) is 0 Å². The molecule has 2 saturated heterocycles. The molecular formula is C12H19N3O2. The Hall–Kier alpha value is -1.07. The van der Waals surface area contributed by atoms with Crippen LogP contribution in [0.2, 0.25) is 0 Å². The molecule has 3 rings (SSSR count). The van der Waals surface area contributed by atoms with Crippen LogP contribution in [0.1, 0.15) is 49.3 Å². The topological polar surface area (TPSA) is 62.3 Å². The average molecular weight is 237 g/mol. The first-order chi connectivity index (χ1) is 8.27. The molecule has 0 radical (unpaired) electrons. The molecule has 94 valence electrons. The second-order valence-electron chi connectivity index (χ2n) is 4.80. The average Bonchev–Trinajstić information content (AvgIpc) is 2.99. The summed E-state index contributed by atoms with van der Waals surface area (Å²) >= 11 is 0. The van der Waals surface area contributed by atoms with E-state index >= 15 is 0 Å². The third-order valence-corrected chi connectivity index (χ3v) is 3.65. The van der Waals surface area contributed by atoms with Crippen LogP contribution in [0.25, 0.3) is 0 Å². The highest BCUT2D eigenvalue weighted by Gasteiger charge is 2.28. The van der Waals surface area contributed by atoms with Gasteiger partial charge >= 0.3 is 0 Å². The zero-order chi connectivity index (χ0) is 11.8. The molecule has 17 heavy (non-hydrogen) atoms. The van der Waals surface area contributed by atoms with Crippen molar-refractivity contribution in [2.75, 3.05) is 18.9 Å². The molecule has 5 heteroatoms. The number of nitrogens with zero attached hydrogens (tertiary/aromatic N) is 2. The van der Waals surface area contributed by atoms with Gasteiger partial charge in [0.25, 0.3) is 0 Å². The molecule has 2 fully saturated rings. The van der Waals surface area contributed by atoms with Gasteiger partial charge in [0.2, 0.25) is 0 Å². The SMILES string of the molecule is Cc1c(C2CCCO2)c(N)nn1C1CCCO1. The zero-order valence-corrected chi connectivity index (χ0v) is 10.2. The monoisotopic (exact) mass is 237 g/mol. The van der Waals surface area contributed by atoms with E-state index in [4.69, 9.17) is 15.2 Å². The molecule has 2 atom stereocenters. The number of aromatic nitrogens is 2. The van der Waals surface area contributed by atoms with E-state index in [0.29, 0.717) is 5.82 Å². The number of nitrogens with two attached hydrogens (primary N) is 1. The van der Waals surface area contributed by atoms with Gasteiger partial charge in [0, 0.05) is 24.5 Å². The number of anilines is 1. The Morgan fingerprint density at radius 3 is 2.65 bits per heavy atom. The molecule has 1 aromatic rings. The van der Waals surface area contributed by atoms with E-state index in [0.717, 1.165) is 50.2 Å². The van der Waals surface area contributed by atoms with Crippen LogP contribution in [0.5, 0.6) is 0 Å². The molecule has 2 aliphatic rings. The first-order valence-corrected chi connectivity index (χ1v) is 6.35. The molecule has 5 nitrogen and oxygen atoms in total. The molecule has 0 spiro atoms. The van der Waals surface area contributed by atoms with Crippen LogP contribution >= 0.6 is 0 Å². The van der Waals surface area contributed by atoms with Gasteiger partial charge in [-0.1, -0.05) is 0 Å². The van der Waals surface area contributed by atoms with E-state index < -0.39 is 0 Å². The summed E-state index contributed by atoms with van der Waals surface area (Å²) in [7, 11) is 0. The Bertz CT molecular complexity index is 404. The Balaban J connectivity index is 1.93. The summed E-state index contributed by atoms with van der Waals surface area (Å²) in [6, 6.07) is 0. The highest BCUT2D eigenvalue weighted by molar-refractivity contribution is 5.44. The van der Waals surface area contributed by atoms with E-state index in [1.165, 1.54) is 0 Å². The Morgan fingerprint density at radius 2 is 2.00 bits per heavy atom. The summed E-state index contributed by atoms with van der Waals surface area (Å²) in [5.41, 5.74) is 8.19. The minimum Gasteiger partial charge on any atom is -0.382 e. The van der Waals surface area contributed by atoms with Crippen molar-refractivity contribution in [2.24, 2.45) is 0 Å². The van der Waals surface area contributed by atoms with Gasteiger partial charge < -0.3 is 15.2 Å². The predicted octanol–water partition coefficient (Wildman–Crippen LogP) is 1.93. The molecular weight excluding hydrogens is 218 g/mol. The molecule has 2 unspecified atom stereocenters. The second-order valence-corrected chi connectivity index (χ2v) is 4.80. The fourth-order valence-electron chi connectivity index (χ4n) is 2.79. The van der Waals surface area contributed by atoms with Gasteiger partial charge in [-0.3, -0.25) is 0 Å². The second kappa shape index (κ2) is 4.31. The van der Waals surface area contributed by atoms with Crippen LogP contribution in [0.3, 0.4) is 0 Å². The normalized spacial score (nSPS) is 29.0. The lowest BCUT2D eigenvalue weighted by Gasteiger charge is -2.13. The molecule has 0 aliphatic carbocycles. The Labute approximate surface area is 101 Å².